The Morgan fingerprint density at radius 1 is 1.19 bits per heavy atom. The minimum absolute atomic E-state index is 0.0350. The van der Waals surface area contributed by atoms with Gasteiger partial charge in [0.05, 0.1) is 0 Å². The predicted octanol–water partition coefficient (Wildman–Crippen LogP) is 1.06. The Kier molecular flexibility index (Phi) is 6.26. The number of hydrogen-bond donors (Lipinski definition) is 1. The highest BCUT2D eigenvalue weighted by Gasteiger charge is 2.22. The first-order chi connectivity index (χ1) is 7.29. The first-order valence-corrected chi connectivity index (χ1v) is 5.71. The summed E-state index contributed by atoms with van der Waals surface area (Å²) in [4.78, 5) is 24.9. The summed E-state index contributed by atoms with van der Waals surface area (Å²) in [5, 5.41) is 2.98. The molecule has 0 bridgehead atoms. The van der Waals surface area contributed by atoms with E-state index in [1.165, 1.54) is 0 Å². The van der Waals surface area contributed by atoms with Crippen LogP contribution in [0.1, 0.15) is 33.6 Å². The van der Waals surface area contributed by atoms with Crippen LogP contribution in [0.15, 0.2) is 0 Å². The number of ketones is 1. The van der Waals surface area contributed by atoms with Gasteiger partial charge in [-0.15, -0.1) is 0 Å². The number of rotatable bonds is 6. The summed E-state index contributed by atoms with van der Waals surface area (Å²) in [6, 6.07) is 0. The van der Waals surface area contributed by atoms with Crippen LogP contribution >= 0.6 is 0 Å². The van der Waals surface area contributed by atoms with Crippen molar-refractivity contribution in [3.8, 4) is 0 Å². The van der Waals surface area contributed by atoms with Crippen LogP contribution in [0.5, 0.6) is 0 Å². The minimum atomic E-state index is -0.343. The van der Waals surface area contributed by atoms with E-state index in [1.54, 1.807) is 11.9 Å². The van der Waals surface area contributed by atoms with Crippen molar-refractivity contribution in [1.29, 1.82) is 0 Å². The SMILES string of the molecule is CNCCN(C)C(=O)CCC(=O)C(C)(C)C. The lowest BCUT2D eigenvalue weighted by Crippen LogP contribution is -2.33. The molecule has 4 nitrogen and oxygen atoms in total. The molecule has 0 aliphatic carbocycles. The molecule has 1 N–H and O–H groups in total. The highest BCUT2D eigenvalue weighted by molar-refractivity contribution is 5.88. The Labute approximate surface area is 98.4 Å². The molecule has 0 unspecified atom stereocenters. The minimum Gasteiger partial charge on any atom is -0.344 e. The van der Waals surface area contributed by atoms with Gasteiger partial charge in [0, 0.05) is 38.4 Å². The second-order valence-electron chi connectivity index (χ2n) is 5.09. The second-order valence-corrected chi connectivity index (χ2v) is 5.09. The molecule has 1 amide bonds. The molecule has 0 rings (SSSR count). The number of hydrogen-bond acceptors (Lipinski definition) is 3. The van der Waals surface area contributed by atoms with Crippen molar-refractivity contribution in [2.75, 3.05) is 27.2 Å². The molecule has 4 heteroatoms. The van der Waals surface area contributed by atoms with Gasteiger partial charge in [-0.3, -0.25) is 9.59 Å². The van der Waals surface area contributed by atoms with E-state index in [0.29, 0.717) is 19.4 Å². The fourth-order valence-corrected chi connectivity index (χ4v) is 1.19. The van der Waals surface area contributed by atoms with E-state index in [1.807, 2.05) is 27.8 Å². The first-order valence-electron chi connectivity index (χ1n) is 5.71. The molecule has 0 radical (unpaired) electrons. The number of likely N-dealkylation sites (N-methyl/N-ethyl adjacent to an activating group) is 2. The van der Waals surface area contributed by atoms with E-state index in [-0.39, 0.29) is 17.1 Å². The third-order valence-electron chi connectivity index (χ3n) is 2.53. The molecule has 16 heavy (non-hydrogen) atoms. The van der Waals surface area contributed by atoms with Gasteiger partial charge < -0.3 is 10.2 Å². The van der Waals surface area contributed by atoms with Crippen LogP contribution in [0, 0.1) is 5.41 Å². The zero-order valence-corrected chi connectivity index (χ0v) is 11.1. The number of amides is 1. The fourth-order valence-electron chi connectivity index (χ4n) is 1.19. The number of nitrogens with one attached hydrogen (secondary N) is 1. The monoisotopic (exact) mass is 228 g/mol. The number of nitrogens with zero attached hydrogens (tertiary/aromatic N) is 1. The van der Waals surface area contributed by atoms with E-state index in [2.05, 4.69) is 5.32 Å². The van der Waals surface area contributed by atoms with Gasteiger partial charge in [0.15, 0.2) is 0 Å². The summed E-state index contributed by atoms with van der Waals surface area (Å²) in [5.74, 6) is 0.177. The van der Waals surface area contributed by atoms with Crippen LogP contribution in [0.25, 0.3) is 0 Å². The van der Waals surface area contributed by atoms with E-state index in [9.17, 15) is 9.59 Å². The molecule has 0 aromatic carbocycles. The molecule has 0 aliphatic heterocycles. The molecule has 0 atom stereocenters. The average Bonchev–Trinajstić information content (AvgIpc) is 2.20. The summed E-state index contributed by atoms with van der Waals surface area (Å²) < 4.78 is 0. The summed E-state index contributed by atoms with van der Waals surface area (Å²) in [7, 11) is 3.61. The van der Waals surface area contributed by atoms with Gasteiger partial charge in [-0.05, 0) is 7.05 Å². The predicted molar refractivity (Wildman–Crippen MR) is 65.3 cm³/mol. The van der Waals surface area contributed by atoms with E-state index in [4.69, 9.17) is 0 Å². The lowest BCUT2D eigenvalue weighted by molar-refractivity contribution is -0.133. The quantitative estimate of drug-likeness (QED) is 0.739. The third-order valence-corrected chi connectivity index (χ3v) is 2.53. The van der Waals surface area contributed by atoms with E-state index >= 15 is 0 Å². The van der Waals surface area contributed by atoms with Crippen molar-refractivity contribution < 1.29 is 9.59 Å². The van der Waals surface area contributed by atoms with Crippen LogP contribution in [0.4, 0.5) is 0 Å². The average molecular weight is 228 g/mol. The Morgan fingerprint density at radius 2 is 1.75 bits per heavy atom. The van der Waals surface area contributed by atoms with Crippen LogP contribution in [0.3, 0.4) is 0 Å². The summed E-state index contributed by atoms with van der Waals surface area (Å²) >= 11 is 0. The van der Waals surface area contributed by atoms with E-state index in [0.717, 1.165) is 6.54 Å². The highest BCUT2D eigenvalue weighted by atomic mass is 16.2. The standard InChI is InChI=1S/C12H24N2O2/c1-12(2,3)10(15)6-7-11(16)14(5)9-8-13-4/h13H,6-9H2,1-5H3. The molecule has 0 aromatic rings. The van der Waals surface area contributed by atoms with Crippen molar-refractivity contribution >= 4 is 11.7 Å². The Bertz CT molecular complexity index is 244. The summed E-state index contributed by atoms with van der Waals surface area (Å²) in [5.41, 5.74) is -0.343. The fraction of sp³-hybridized carbons (Fsp3) is 0.833. The van der Waals surface area contributed by atoms with Crippen molar-refractivity contribution in [3.05, 3.63) is 0 Å². The van der Waals surface area contributed by atoms with Crippen molar-refractivity contribution in [2.24, 2.45) is 5.41 Å². The van der Waals surface area contributed by atoms with Crippen molar-refractivity contribution in [1.82, 2.24) is 10.2 Å². The summed E-state index contributed by atoms with van der Waals surface area (Å²) in [6.45, 7) is 7.09. The molecule has 94 valence electrons. The van der Waals surface area contributed by atoms with Crippen molar-refractivity contribution in [3.63, 3.8) is 0 Å². The van der Waals surface area contributed by atoms with Gasteiger partial charge in [-0.25, -0.2) is 0 Å². The normalized spacial score (nSPS) is 11.3. The first kappa shape index (κ1) is 15.1. The van der Waals surface area contributed by atoms with Gasteiger partial charge in [0.1, 0.15) is 5.78 Å². The highest BCUT2D eigenvalue weighted by Crippen LogP contribution is 2.17. The molecular weight excluding hydrogens is 204 g/mol. The zero-order valence-electron chi connectivity index (χ0n) is 11.1. The Morgan fingerprint density at radius 3 is 2.19 bits per heavy atom. The van der Waals surface area contributed by atoms with Crippen molar-refractivity contribution in [2.45, 2.75) is 33.6 Å². The van der Waals surface area contributed by atoms with Crippen LogP contribution in [0.2, 0.25) is 0 Å². The maximum absolute atomic E-state index is 11.6. The molecule has 0 saturated carbocycles. The van der Waals surface area contributed by atoms with Gasteiger partial charge in [-0.2, -0.15) is 0 Å². The lowest BCUT2D eigenvalue weighted by atomic mass is 9.88. The van der Waals surface area contributed by atoms with Gasteiger partial charge in [-0.1, -0.05) is 20.8 Å². The molecule has 0 spiro atoms. The largest absolute Gasteiger partial charge is 0.344 e. The number of Topliss-reactive ketones (excluding diaryl/α,β-unsaturated/α-hetero) is 1. The smallest absolute Gasteiger partial charge is 0.222 e. The van der Waals surface area contributed by atoms with Gasteiger partial charge in [0.2, 0.25) is 5.91 Å². The van der Waals surface area contributed by atoms with Crippen LogP contribution < -0.4 is 5.32 Å². The summed E-state index contributed by atoms with van der Waals surface area (Å²) in [6.07, 6.45) is 0.655. The maximum Gasteiger partial charge on any atom is 0.222 e. The lowest BCUT2D eigenvalue weighted by Gasteiger charge is -2.19. The Balaban J connectivity index is 3.94. The topological polar surface area (TPSA) is 49.4 Å². The molecule has 0 saturated heterocycles. The van der Waals surface area contributed by atoms with Gasteiger partial charge >= 0.3 is 0 Å². The molecule has 0 fully saturated rings. The number of carbonyl (C=O) groups is 2. The third kappa shape index (κ3) is 5.85. The van der Waals surface area contributed by atoms with Crippen LogP contribution in [-0.2, 0) is 9.59 Å². The maximum atomic E-state index is 11.6. The van der Waals surface area contributed by atoms with Crippen LogP contribution in [-0.4, -0.2) is 43.8 Å². The molecule has 0 aliphatic rings. The zero-order chi connectivity index (χ0) is 12.8. The van der Waals surface area contributed by atoms with Gasteiger partial charge in [0.25, 0.3) is 0 Å². The molecular formula is C12H24N2O2. The molecule has 0 heterocycles. The molecule has 0 aromatic heterocycles. The number of carbonyl (C=O) groups excluding carboxylic acids is 2. The van der Waals surface area contributed by atoms with E-state index < -0.39 is 0 Å². The second kappa shape index (κ2) is 6.63. The Hall–Kier alpha value is -0.900.